The summed E-state index contributed by atoms with van der Waals surface area (Å²) in [7, 11) is 0. The number of H-pyrrole nitrogens is 1. The van der Waals surface area contributed by atoms with E-state index in [4.69, 9.17) is 5.73 Å². The van der Waals surface area contributed by atoms with Gasteiger partial charge in [-0.1, -0.05) is 0 Å². The molecule has 0 aliphatic heterocycles. The second kappa shape index (κ2) is 3.08. The number of carbonyl (C=O) groups is 2. The van der Waals surface area contributed by atoms with Crippen molar-refractivity contribution in [1.82, 2.24) is 4.98 Å². The fourth-order valence-electron chi connectivity index (χ4n) is 1.01. The third kappa shape index (κ3) is 1.29. The fourth-order valence-corrected chi connectivity index (χ4v) is 1.01. The topological polar surface area (TPSA) is 88.0 Å². The number of primary amides is 1. The summed E-state index contributed by atoms with van der Waals surface area (Å²) >= 11 is 0. The number of aromatic nitrogens is 1. The van der Waals surface area contributed by atoms with Crippen LogP contribution in [0.5, 0.6) is 0 Å². The summed E-state index contributed by atoms with van der Waals surface area (Å²) in [6.45, 7) is 1.73. The molecule has 0 unspecified atom stereocenters. The summed E-state index contributed by atoms with van der Waals surface area (Å²) in [5.74, 6) is -0.215. The molecule has 1 rings (SSSR count). The minimum atomic E-state index is -0.557. The van der Waals surface area contributed by atoms with Crippen LogP contribution in [-0.2, 0) is 4.79 Å². The molecule has 0 aliphatic carbocycles. The lowest BCUT2D eigenvalue weighted by Gasteiger charge is -1.97. The highest BCUT2D eigenvalue weighted by molar-refractivity contribution is 6.00. The predicted octanol–water partition coefficient (Wildman–Crippen LogP) is -0.00968. The van der Waals surface area contributed by atoms with E-state index < -0.39 is 5.91 Å². The molecule has 1 heterocycles. The zero-order valence-corrected chi connectivity index (χ0v) is 6.55. The number of nitrogens with one attached hydrogen (secondary N) is 2. The van der Waals surface area contributed by atoms with Gasteiger partial charge in [-0.2, -0.15) is 0 Å². The fraction of sp³-hybridized carbons (Fsp3) is 0.143. The first-order valence-corrected chi connectivity index (χ1v) is 3.34. The number of aryl methyl sites for hydroxylation is 1. The largest absolute Gasteiger partial charge is 0.365 e. The van der Waals surface area contributed by atoms with E-state index >= 15 is 0 Å². The van der Waals surface area contributed by atoms with Crippen LogP contribution in [0.15, 0.2) is 6.20 Å². The number of nitrogens with two attached hydrogens (primary N) is 1. The zero-order chi connectivity index (χ0) is 9.14. The molecule has 0 spiro atoms. The molecular formula is C7H9N3O2. The number of rotatable bonds is 3. The molecule has 1 aromatic heterocycles. The number of carbonyl (C=O) groups excluding carboxylic acids is 2. The van der Waals surface area contributed by atoms with Crippen molar-refractivity contribution in [2.24, 2.45) is 5.73 Å². The summed E-state index contributed by atoms with van der Waals surface area (Å²) in [6.07, 6.45) is 2.09. The van der Waals surface area contributed by atoms with E-state index in [1.165, 1.54) is 0 Å². The number of hydrogen-bond donors (Lipinski definition) is 3. The van der Waals surface area contributed by atoms with Crippen LogP contribution >= 0.6 is 0 Å². The van der Waals surface area contributed by atoms with Crippen LogP contribution < -0.4 is 11.1 Å². The minimum Gasteiger partial charge on any atom is -0.365 e. The Balaban J connectivity index is 3.11. The van der Waals surface area contributed by atoms with Crippen LogP contribution in [0.25, 0.3) is 0 Å². The van der Waals surface area contributed by atoms with Crippen LogP contribution in [0.4, 0.5) is 5.82 Å². The molecule has 64 valence electrons. The maximum Gasteiger partial charge on any atom is 0.252 e. The van der Waals surface area contributed by atoms with Crippen LogP contribution in [0, 0.1) is 6.92 Å². The Morgan fingerprint density at radius 2 is 2.42 bits per heavy atom. The lowest BCUT2D eigenvalue weighted by atomic mass is 10.2. The molecule has 5 nitrogen and oxygen atoms in total. The van der Waals surface area contributed by atoms with Crippen molar-refractivity contribution in [3.8, 4) is 0 Å². The summed E-state index contributed by atoms with van der Waals surface area (Å²) in [4.78, 5) is 23.6. The first-order chi connectivity index (χ1) is 5.66. The molecule has 5 heteroatoms. The SMILES string of the molecule is Cc1c[nH]c(NC=O)c1C(N)=O. The van der Waals surface area contributed by atoms with Crippen molar-refractivity contribution in [1.29, 1.82) is 0 Å². The van der Waals surface area contributed by atoms with Crippen molar-refractivity contribution < 1.29 is 9.59 Å². The lowest BCUT2D eigenvalue weighted by Crippen LogP contribution is -2.13. The number of anilines is 1. The smallest absolute Gasteiger partial charge is 0.252 e. The molecule has 12 heavy (non-hydrogen) atoms. The Labute approximate surface area is 68.9 Å². The molecule has 1 aromatic rings. The van der Waals surface area contributed by atoms with Gasteiger partial charge in [0, 0.05) is 6.20 Å². The standard InChI is InChI=1S/C7H9N3O2/c1-4-2-9-7(10-3-11)5(4)6(8)12/h2-3,9H,1H3,(H2,8,12)(H,10,11). The normalized spacial score (nSPS) is 9.42. The lowest BCUT2D eigenvalue weighted by molar-refractivity contribution is -0.105. The van der Waals surface area contributed by atoms with E-state index in [1.54, 1.807) is 13.1 Å². The van der Waals surface area contributed by atoms with Crippen molar-refractivity contribution in [3.63, 3.8) is 0 Å². The Hall–Kier alpha value is -1.78. The van der Waals surface area contributed by atoms with Crippen LogP contribution in [0.2, 0.25) is 0 Å². The number of aromatic amines is 1. The van der Waals surface area contributed by atoms with E-state index in [9.17, 15) is 9.59 Å². The number of amides is 2. The maximum atomic E-state index is 10.8. The zero-order valence-electron chi connectivity index (χ0n) is 6.55. The molecule has 0 radical (unpaired) electrons. The Morgan fingerprint density at radius 3 is 2.92 bits per heavy atom. The summed E-state index contributed by atoms with van der Waals surface area (Å²) in [5, 5.41) is 2.34. The summed E-state index contributed by atoms with van der Waals surface area (Å²) < 4.78 is 0. The van der Waals surface area contributed by atoms with Gasteiger partial charge in [0.05, 0.1) is 5.56 Å². The van der Waals surface area contributed by atoms with Crippen molar-refractivity contribution in [2.75, 3.05) is 5.32 Å². The van der Waals surface area contributed by atoms with Crippen LogP contribution in [0.1, 0.15) is 15.9 Å². The van der Waals surface area contributed by atoms with Crippen molar-refractivity contribution in [2.45, 2.75) is 6.92 Å². The highest BCUT2D eigenvalue weighted by atomic mass is 16.1. The molecular weight excluding hydrogens is 158 g/mol. The molecule has 4 N–H and O–H groups in total. The first-order valence-electron chi connectivity index (χ1n) is 3.34. The third-order valence-corrected chi connectivity index (χ3v) is 1.53. The van der Waals surface area contributed by atoms with Crippen molar-refractivity contribution in [3.05, 3.63) is 17.3 Å². The molecule has 0 bridgehead atoms. The van der Waals surface area contributed by atoms with E-state index in [0.717, 1.165) is 0 Å². The molecule has 0 fully saturated rings. The van der Waals surface area contributed by atoms with Gasteiger partial charge in [-0.3, -0.25) is 9.59 Å². The maximum absolute atomic E-state index is 10.8. The molecule has 0 aromatic carbocycles. The van der Waals surface area contributed by atoms with Gasteiger partial charge in [-0.15, -0.1) is 0 Å². The van der Waals surface area contributed by atoms with E-state index in [2.05, 4.69) is 10.3 Å². The van der Waals surface area contributed by atoms with Gasteiger partial charge >= 0.3 is 0 Å². The average molecular weight is 167 g/mol. The van der Waals surface area contributed by atoms with Crippen LogP contribution in [-0.4, -0.2) is 17.3 Å². The van der Waals surface area contributed by atoms with Crippen molar-refractivity contribution >= 4 is 18.1 Å². The minimum absolute atomic E-state index is 0.321. The Kier molecular flexibility index (Phi) is 2.14. The third-order valence-electron chi connectivity index (χ3n) is 1.53. The Morgan fingerprint density at radius 1 is 1.75 bits per heavy atom. The van der Waals surface area contributed by atoms with E-state index in [1.807, 2.05) is 0 Å². The van der Waals surface area contributed by atoms with Gasteiger partial charge in [0.25, 0.3) is 5.91 Å². The molecule has 0 saturated carbocycles. The van der Waals surface area contributed by atoms with Gasteiger partial charge in [-0.05, 0) is 12.5 Å². The average Bonchev–Trinajstić information content (AvgIpc) is 2.32. The van der Waals surface area contributed by atoms with Gasteiger partial charge < -0.3 is 16.0 Å². The summed E-state index contributed by atoms with van der Waals surface area (Å²) in [6, 6.07) is 0. The highest BCUT2D eigenvalue weighted by Crippen LogP contribution is 2.16. The molecule has 2 amide bonds. The highest BCUT2D eigenvalue weighted by Gasteiger charge is 2.12. The second-order valence-electron chi connectivity index (χ2n) is 2.35. The predicted molar refractivity (Wildman–Crippen MR) is 43.7 cm³/mol. The summed E-state index contributed by atoms with van der Waals surface area (Å²) in [5.41, 5.74) is 6.11. The quantitative estimate of drug-likeness (QED) is 0.553. The van der Waals surface area contributed by atoms with E-state index in [-0.39, 0.29) is 0 Å². The molecule has 0 saturated heterocycles. The monoisotopic (exact) mass is 167 g/mol. The molecule has 0 atom stereocenters. The molecule has 0 aliphatic rings. The van der Waals surface area contributed by atoms with Crippen LogP contribution in [0.3, 0.4) is 0 Å². The first kappa shape index (κ1) is 8.32. The second-order valence-corrected chi connectivity index (χ2v) is 2.35. The van der Waals surface area contributed by atoms with Gasteiger partial charge in [0.2, 0.25) is 6.41 Å². The van der Waals surface area contributed by atoms with Gasteiger partial charge in [-0.25, -0.2) is 0 Å². The van der Waals surface area contributed by atoms with E-state index in [0.29, 0.717) is 23.4 Å². The Bertz CT molecular complexity index is 316. The van der Waals surface area contributed by atoms with Gasteiger partial charge in [0.15, 0.2) is 0 Å². The number of hydrogen-bond acceptors (Lipinski definition) is 2. The van der Waals surface area contributed by atoms with Gasteiger partial charge in [0.1, 0.15) is 5.82 Å².